The predicted octanol–water partition coefficient (Wildman–Crippen LogP) is 2.90. The molecule has 86 valence electrons. The molecule has 0 saturated heterocycles. The van der Waals surface area contributed by atoms with Crippen molar-refractivity contribution in [2.75, 3.05) is 6.98 Å². The molecular formula is C13H16ClNO. The van der Waals surface area contributed by atoms with E-state index in [0.29, 0.717) is 0 Å². The van der Waals surface area contributed by atoms with Crippen LogP contribution in [0.3, 0.4) is 0 Å². The van der Waals surface area contributed by atoms with Gasteiger partial charge in [0.15, 0.2) is 5.78 Å². The molecule has 1 N–H and O–H groups in total. The summed E-state index contributed by atoms with van der Waals surface area (Å²) in [6, 6.07) is 5.63. The summed E-state index contributed by atoms with van der Waals surface area (Å²) in [4.78, 5) is 12.9. The Hall–Kier alpha value is -0.860. The number of nitrogens with one attached hydrogen (secondary N) is 1. The normalized spacial score (nSPS) is 44.3. The van der Waals surface area contributed by atoms with Crippen molar-refractivity contribution in [3.63, 3.8) is 0 Å². The van der Waals surface area contributed by atoms with Gasteiger partial charge in [-0.2, -0.15) is 0 Å². The van der Waals surface area contributed by atoms with E-state index in [1.807, 2.05) is 5.32 Å². The summed E-state index contributed by atoms with van der Waals surface area (Å²) in [5, 5.41) is 1.99. The van der Waals surface area contributed by atoms with E-state index in [9.17, 15) is 4.79 Å². The van der Waals surface area contributed by atoms with Crippen molar-refractivity contribution >= 4 is 17.4 Å². The largest absolute Gasteiger partial charge is 0.304 e. The number of ketones is 1. The van der Waals surface area contributed by atoms with E-state index in [1.165, 1.54) is 24.3 Å². The molecule has 3 heteroatoms. The maximum Gasteiger partial charge on any atom is 0.157 e. The van der Waals surface area contributed by atoms with Crippen molar-refractivity contribution in [3.8, 4) is 0 Å². The van der Waals surface area contributed by atoms with Crippen molar-refractivity contribution in [1.29, 1.82) is 0 Å². The minimum atomic E-state index is -3.29. The van der Waals surface area contributed by atoms with Crippen LogP contribution in [0.15, 0.2) is 24.3 Å². The Bertz CT molecular complexity index is 703. The van der Waals surface area contributed by atoms with Crippen molar-refractivity contribution in [3.05, 3.63) is 34.9 Å². The van der Waals surface area contributed by atoms with E-state index < -0.39 is 43.8 Å². The average molecular weight is 247 g/mol. The number of halogens is 1. The molecule has 0 aliphatic heterocycles. The standard InChI is InChI=1S/C13H16ClNO/c1-15-13(9-5-4-8-12(13)16)10-6-2-3-7-11(10)14/h2-3,6-7,15H,4-5,8-9H2,1H3/i1D3,4D2,5D2,8D2. The molecule has 0 heterocycles. The third-order valence-electron chi connectivity index (χ3n) is 2.55. The van der Waals surface area contributed by atoms with Crippen molar-refractivity contribution in [2.45, 2.75) is 31.1 Å². The Morgan fingerprint density at radius 3 is 3.06 bits per heavy atom. The zero-order chi connectivity index (χ0) is 19.5. The van der Waals surface area contributed by atoms with Crippen LogP contribution in [0.25, 0.3) is 0 Å². The summed E-state index contributed by atoms with van der Waals surface area (Å²) in [5.74, 6) is -1.41. The van der Waals surface area contributed by atoms with E-state index in [1.54, 1.807) is 0 Å². The van der Waals surface area contributed by atoms with Gasteiger partial charge in [-0.1, -0.05) is 36.2 Å². The van der Waals surface area contributed by atoms with E-state index in [0.717, 1.165) is 0 Å². The molecule has 0 amide bonds. The highest BCUT2D eigenvalue weighted by molar-refractivity contribution is 6.31. The highest BCUT2D eigenvalue weighted by Crippen LogP contribution is 2.37. The molecule has 0 bridgehead atoms. The lowest BCUT2D eigenvalue weighted by Crippen LogP contribution is -2.49. The van der Waals surface area contributed by atoms with Crippen LogP contribution in [0.2, 0.25) is 5.02 Å². The fourth-order valence-electron chi connectivity index (χ4n) is 1.66. The second kappa shape index (κ2) is 4.56. The number of rotatable bonds is 2. The number of likely N-dealkylation sites (N-methyl/N-ethyl adjacent to an activating group) is 1. The van der Waals surface area contributed by atoms with Gasteiger partial charge in [-0.15, -0.1) is 0 Å². The number of carbonyl (C=O) groups excluding carboxylic acids is 1. The molecule has 0 radical (unpaired) electrons. The van der Waals surface area contributed by atoms with Crippen LogP contribution < -0.4 is 5.32 Å². The van der Waals surface area contributed by atoms with Gasteiger partial charge in [0.2, 0.25) is 0 Å². The van der Waals surface area contributed by atoms with Gasteiger partial charge >= 0.3 is 0 Å². The summed E-state index contributed by atoms with van der Waals surface area (Å²) in [5.41, 5.74) is -2.46. The first-order chi connectivity index (χ1) is 11.1. The molecule has 0 spiro atoms. The molecule has 2 rings (SSSR count). The Morgan fingerprint density at radius 2 is 2.31 bits per heavy atom. The minimum Gasteiger partial charge on any atom is -0.304 e. The van der Waals surface area contributed by atoms with Gasteiger partial charge in [0.25, 0.3) is 0 Å². The first-order valence-electron chi connectivity index (χ1n) is 9.18. The smallest absolute Gasteiger partial charge is 0.157 e. The molecule has 1 unspecified atom stereocenters. The SMILES string of the molecule is [2H]C([2H])([2H])NC1(c2ccccc2Cl)CC([2H])([2H])C([2H])([2H])C([2H])([2H])C1=O. The minimum absolute atomic E-state index is 0.0540. The third kappa shape index (κ3) is 1.76. The van der Waals surface area contributed by atoms with Crippen molar-refractivity contribution in [2.24, 2.45) is 0 Å². The van der Waals surface area contributed by atoms with Gasteiger partial charge in [-0.05, 0) is 31.4 Å². The molecule has 1 aromatic rings. The molecule has 1 saturated carbocycles. The highest BCUT2D eigenvalue weighted by Gasteiger charge is 2.40. The average Bonchev–Trinajstić information content (AvgIpc) is 2.42. The van der Waals surface area contributed by atoms with Crippen LogP contribution in [-0.4, -0.2) is 12.8 Å². The monoisotopic (exact) mass is 246 g/mol. The number of Topliss-reactive ketones (excluding diaryl/α,β-unsaturated/α-hetero) is 1. The Labute approximate surface area is 114 Å². The van der Waals surface area contributed by atoms with E-state index >= 15 is 0 Å². The molecule has 1 atom stereocenters. The molecule has 0 aromatic heterocycles. The Kier molecular flexibility index (Phi) is 1.36. The third-order valence-corrected chi connectivity index (χ3v) is 2.88. The second-order valence-corrected chi connectivity index (χ2v) is 3.85. The molecule has 16 heavy (non-hydrogen) atoms. The number of hydrogen-bond acceptors (Lipinski definition) is 2. The first-order valence-corrected chi connectivity index (χ1v) is 5.06. The molecule has 1 aliphatic carbocycles. The van der Waals surface area contributed by atoms with Crippen LogP contribution in [0.5, 0.6) is 0 Å². The summed E-state index contributed by atoms with van der Waals surface area (Å²) >= 11 is 6.08. The predicted molar refractivity (Wildman–Crippen MR) is 65.7 cm³/mol. The summed E-state index contributed by atoms with van der Waals surface area (Å²) in [6.45, 7) is -2.93. The fraction of sp³-hybridized carbons (Fsp3) is 0.462. The molecule has 2 nitrogen and oxygen atoms in total. The van der Waals surface area contributed by atoms with Crippen molar-refractivity contribution < 1.29 is 17.1 Å². The van der Waals surface area contributed by atoms with Gasteiger partial charge in [0, 0.05) is 23.7 Å². The lowest BCUT2D eigenvalue weighted by Gasteiger charge is -2.36. The van der Waals surface area contributed by atoms with Gasteiger partial charge in [0.1, 0.15) is 5.54 Å². The van der Waals surface area contributed by atoms with E-state index in [-0.39, 0.29) is 10.6 Å². The quantitative estimate of drug-likeness (QED) is 0.870. The lowest BCUT2D eigenvalue weighted by atomic mass is 9.75. The zero-order valence-electron chi connectivity index (χ0n) is 17.3. The maximum absolute atomic E-state index is 12.9. The van der Waals surface area contributed by atoms with Gasteiger partial charge in [-0.3, -0.25) is 4.79 Å². The van der Waals surface area contributed by atoms with E-state index in [4.69, 9.17) is 23.9 Å². The van der Waals surface area contributed by atoms with Crippen LogP contribution in [-0.2, 0) is 10.3 Å². The van der Waals surface area contributed by atoms with Crippen LogP contribution in [0.1, 0.15) is 43.4 Å². The first kappa shape index (κ1) is 4.79. The van der Waals surface area contributed by atoms with Gasteiger partial charge in [0.05, 0.1) is 0 Å². The number of hydrogen-bond donors (Lipinski definition) is 1. The Morgan fingerprint density at radius 1 is 1.50 bits per heavy atom. The van der Waals surface area contributed by atoms with Gasteiger partial charge in [-0.25, -0.2) is 0 Å². The van der Waals surface area contributed by atoms with Crippen LogP contribution >= 0.6 is 11.6 Å². The lowest BCUT2D eigenvalue weighted by molar-refractivity contribution is -0.127. The molecular weight excluding hydrogens is 222 g/mol. The maximum atomic E-state index is 12.9. The zero-order valence-corrected chi connectivity index (χ0v) is 9.06. The number of benzene rings is 1. The van der Waals surface area contributed by atoms with Gasteiger partial charge < -0.3 is 5.32 Å². The molecule has 1 aromatic carbocycles. The van der Waals surface area contributed by atoms with Crippen molar-refractivity contribution in [1.82, 2.24) is 5.32 Å². The highest BCUT2D eigenvalue weighted by atomic mass is 35.5. The van der Waals surface area contributed by atoms with Crippen LogP contribution in [0.4, 0.5) is 0 Å². The topological polar surface area (TPSA) is 29.1 Å². The second-order valence-electron chi connectivity index (χ2n) is 3.44. The summed E-state index contributed by atoms with van der Waals surface area (Å²) < 4.78 is 69.7. The summed E-state index contributed by atoms with van der Waals surface area (Å²) in [7, 11) is 0. The summed E-state index contributed by atoms with van der Waals surface area (Å²) in [6.07, 6.45) is -10.2. The fourth-order valence-corrected chi connectivity index (χ4v) is 1.95. The van der Waals surface area contributed by atoms with Crippen LogP contribution in [0, 0.1) is 0 Å². The Balaban J connectivity index is 2.81. The molecule has 1 aliphatic rings. The molecule has 1 fully saturated rings. The van der Waals surface area contributed by atoms with E-state index in [2.05, 4.69) is 0 Å². The number of carbonyl (C=O) groups is 1.